The zero-order valence-electron chi connectivity index (χ0n) is 16.9. The van der Waals surface area contributed by atoms with Crippen LogP contribution in [-0.2, 0) is 22.7 Å². The molecule has 2 aromatic rings. The van der Waals surface area contributed by atoms with E-state index in [1.165, 1.54) is 61.2 Å². The molecule has 154 valence electrons. The molecule has 28 heavy (non-hydrogen) atoms. The van der Waals surface area contributed by atoms with Crippen LogP contribution in [0.15, 0.2) is 60.7 Å². The molecule has 0 heterocycles. The molecule has 0 aliphatic carbocycles. The van der Waals surface area contributed by atoms with E-state index in [4.69, 9.17) is 9.47 Å². The molecule has 0 N–H and O–H groups in total. The Morgan fingerprint density at radius 3 is 1.36 bits per heavy atom. The maximum absolute atomic E-state index is 5.72. The van der Waals surface area contributed by atoms with Gasteiger partial charge in [-0.3, -0.25) is 0 Å². The van der Waals surface area contributed by atoms with Crippen LogP contribution < -0.4 is 0 Å². The average molecular weight is 419 g/mol. The summed E-state index contributed by atoms with van der Waals surface area (Å²) in [6.45, 7) is 3.23. The summed E-state index contributed by atoms with van der Waals surface area (Å²) >= 11 is 0. The standard InChI is InChI=1S/C24H34O2S2/c1-5-13-23(14-6-1)21-25-17-9-3-11-19-27-28-20-12-4-10-18-26-22-24-15-7-2-8-16-24/h1-2,5-8,13-16H,3-4,9-12,17-22H2. The number of rotatable bonds is 17. The largest absolute Gasteiger partial charge is 0.377 e. The van der Waals surface area contributed by atoms with E-state index in [0.717, 1.165) is 26.4 Å². The molecule has 4 heteroatoms. The molecule has 0 saturated carbocycles. The minimum Gasteiger partial charge on any atom is -0.377 e. The lowest BCUT2D eigenvalue weighted by atomic mass is 10.2. The molecule has 0 aliphatic rings. The van der Waals surface area contributed by atoms with Crippen molar-refractivity contribution in [3.63, 3.8) is 0 Å². The molecule has 0 amide bonds. The average Bonchev–Trinajstić information content (AvgIpc) is 2.75. The highest BCUT2D eigenvalue weighted by atomic mass is 33.1. The van der Waals surface area contributed by atoms with Gasteiger partial charge in [-0.05, 0) is 36.8 Å². The van der Waals surface area contributed by atoms with E-state index < -0.39 is 0 Å². The molecule has 0 spiro atoms. The zero-order chi connectivity index (χ0) is 19.5. The number of ether oxygens (including phenoxy) is 2. The predicted octanol–water partition coefficient (Wildman–Crippen LogP) is 7.14. The van der Waals surface area contributed by atoms with Gasteiger partial charge in [0.1, 0.15) is 0 Å². The smallest absolute Gasteiger partial charge is 0.0716 e. The normalized spacial score (nSPS) is 11.0. The Labute approximate surface area is 179 Å². The first-order valence-electron chi connectivity index (χ1n) is 10.4. The lowest BCUT2D eigenvalue weighted by Crippen LogP contribution is -1.96. The number of unbranched alkanes of at least 4 members (excludes halogenated alkanes) is 4. The van der Waals surface area contributed by atoms with Crippen molar-refractivity contribution in [3.05, 3.63) is 71.8 Å². The molecule has 0 saturated heterocycles. The Kier molecular flexibility index (Phi) is 14.1. The summed E-state index contributed by atoms with van der Waals surface area (Å²) in [5, 5.41) is 0. The van der Waals surface area contributed by atoms with Gasteiger partial charge in [0.25, 0.3) is 0 Å². The van der Waals surface area contributed by atoms with Crippen LogP contribution in [0.2, 0.25) is 0 Å². The van der Waals surface area contributed by atoms with Crippen molar-refractivity contribution in [2.45, 2.75) is 51.7 Å². The van der Waals surface area contributed by atoms with Crippen LogP contribution in [0.3, 0.4) is 0 Å². The van der Waals surface area contributed by atoms with Crippen molar-refractivity contribution < 1.29 is 9.47 Å². The maximum Gasteiger partial charge on any atom is 0.0716 e. The number of hydrogen-bond donors (Lipinski definition) is 0. The molecule has 0 bridgehead atoms. The summed E-state index contributed by atoms with van der Waals surface area (Å²) in [5.41, 5.74) is 2.52. The molecule has 2 aromatic carbocycles. The van der Waals surface area contributed by atoms with Gasteiger partial charge in [-0.2, -0.15) is 0 Å². The minimum absolute atomic E-state index is 0.739. The zero-order valence-corrected chi connectivity index (χ0v) is 18.5. The molecular formula is C24H34O2S2. The molecule has 0 radical (unpaired) electrons. The van der Waals surface area contributed by atoms with Crippen LogP contribution in [0.25, 0.3) is 0 Å². The third-order valence-electron chi connectivity index (χ3n) is 4.34. The second-order valence-corrected chi connectivity index (χ2v) is 9.54. The monoisotopic (exact) mass is 418 g/mol. The highest BCUT2D eigenvalue weighted by Gasteiger charge is 1.96. The summed E-state index contributed by atoms with van der Waals surface area (Å²) in [7, 11) is 4.05. The van der Waals surface area contributed by atoms with Gasteiger partial charge >= 0.3 is 0 Å². The number of benzene rings is 2. The van der Waals surface area contributed by atoms with Gasteiger partial charge < -0.3 is 9.47 Å². The topological polar surface area (TPSA) is 18.5 Å². The summed E-state index contributed by atoms with van der Waals surface area (Å²) in [6.07, 6.45) is 7.45. The van der Waals surface area contributed by atoms with Crippen LogP contribution in [0.5, 0.6) is 0 Å². The van der Waals surface area contributed by atoms with Gasteiger partial charge in [-0.25, -0.2) is 0 Å². The molecule has 0 fully saturated rings. The first-order valence-corrected chi connectivity index (χ1v) is 12.9. The minimum atomic E-state index is 0.739. The predicted molar refractivity (Wildman–Crippen MR) is 125 cm³/mol. The van der Waals surface area contributed by atoms with E-state index in [1.807, 2.05) is 33.7 Å². The quantitative estimate of drug-likeness (QED) is 0.201. The second-order valence-electron chi connectivity index (χ2n) is 6.84. The molecular weight excluding hydrogens is 384 g/mol. The van der Waals surface area contributed by atoms with Crippen molar-refractivity contribution in [1.82, 2.24) is 0 Å². The van der Waals surface area contributed by atoms with Gasteiger partial charge in [0.15, 0.2) is 0 Å². The van der Waals surface area contributed by atoms with Crippen molar-refractivity contribution in [1.29, 1.82) is 0 Å². The molecule has 2 rings (SSSR count). The fraction of sp³-hybridized carbons (Fsp3) is 0.500. The fourth-order valence-electron chi connectivity index (χ4n) is 2.73. The Morgan fingerprint density at radius 1 is 0.500 bits per heavy atom. The fourth-order valence-corrected chi connectivity index (χ4v) is 5.02. The highest BCUT2D eigenvalue weighted by molar-refractivity contribution is 8.76. The van der Waals surface area contributed by atoms with E-state index in [0.29, 0.717) is 0 Å². The first-order chi connectivity index (χ1) is 13.9. The summed E-state index contributed by atoms with van der Waals surface area (Å²) in [4.78, 5) is 0. The van der Waals surface area contributed by atoms with Crippen LogP contribution in [0, 0.1) is 0 Å². The molecule has 0 aromatic heterocycles. The van der Waals surface area contributed by atoms with E-state index in [2.05, 4.69) is 48.5 Å². The summed E-state index contributed by atoms with van der Waals surface area (Å²) < 4.78 is 11.4. The maximum atomic E-state index is 5.72. The van der Waals surface area contributed by atoms with Crippen molar-refractivity contribution in [2.24, 2.45) is 0 Å². The molecule has 0 unspecified atom stereocenters. The van der Waals surface area contributed by atoms with Crippen molar-refractivity contribution >= 4 is 21.6 Å². The van der Waals surface area contributed by atoms with Gasteiger partial charge in [0, 0.05) is 24.7 Å². The van der Waals surface area contributed by atoms with Crippen LogP contribution >= 0.6 is 21.6 Å². The second kappa shape index (κ2) is 17.0. The molecule has 2 nitrogen and oxygen atoms in total. The van der Waals surface area contributed by atoms with Gasteiger partial charge in [0.05, 0.1) is 13.2 Å². The molecule has 0 atom stereocenters. The van der Waals surface area contributed by atoms with Gasteiger partial charge in [0.2, 0.25) is 0 Å². The van der Waals surface area contributed by atoms with Crippen molar-refractivity contribution in [3.8, 4) is 0 Å². The van der Waals surface area contributed by atoms with E-state index >= 15 is 0 Å². The van der Waals surface area contributed by atoms with Gasteiger partial charge in [-0.1, -0.05) is 95.1 Å². The first kappa shape index (κ1) is 23.3. The lowest BCUT2D eigenvalue weighted by Gasteiger charge is -2.05. The van der Waals surface area contributed by atoms with Crippen LogP contribution in [-0.4, -0.2) is 24.7 Å². The van der Waals surface area contributed by atoms with E-state index in [9.17, 15) is 0 Å². The van der Waals surface area contributed by atoms with Gasteiger partial charge in [-0.15, -0.1) is 0 Å². The highest BCUT2D eigenvalue weighted by Crippen LogP contribution is 2.24. The Morgan fingerprint density at radius 2 is 0.929 bits per heavy atom. The summed E-state index contributed by atoms with van der Waals surface area (Å²) in [6, 6.07) is 20.8. The molecule has 0 aliphatic heterocycles. The van der Waals surface area contributed by atoms with Crippen LogP contribution in [0.1, 0.15) is 49.7 Å². The third kappa shape index (κ3) is 12.5. The Balaban J connectivity index is 1.25. The van der Waals surface area contributed by atoms with E-state index in [-0.39, 0.29) is 0 Å². The summed E-state index contributed by atoms with van der Waals surface area (Å²) in [5.74, 6) is 2.51. The Hall–Kier alpha value is -0.940. The Bertz CT molecular complexity index is 524. The van der Waals surface area contributed by atoms with Crippen molar-refractivity contribution in [2.75, 3.05) is 24.7 Å². The van der Waals surface area contributed by atoms with E-state index in [1.54, 1.807) is 0 Å². The number of hydrogen-bond acceptors (Lipinski definition) is 4. The lowest BCUT2D eigenvalue weighted by molar-refractivity contribution is 0.117. The SMILES string of the molecule is c1ccc(COCCCCCSSCCCCCOCc2ccccc2)cc1. The third-order valence-corrected chi connectivity index (χ3v) is 6.92. The van der Waals surface area contributed by atoms with Crippen LogP contribution in [0.4, 0.5) is 0 Å².